The molecule has 9 heteroatoms. The van der Waals surface area contributed by atoms with Gasteiger partial charge in [0.15, 0.2) is 0 Å². The van der Waals surface area contributed by atoms with Gasteiger partial charge in [0.05, 0.1) is 17.2 Å². The van der Waals surface area contributed by atoms with E-state index in [1.807, 2.05) is 37.3 Å². The van der Waals surface area contributed by atoms with Gasteiger partial charge in [-0.25, -0.2) is 8.42 Å². The predicted octanol–water partition coefficient (Wildman–Crippen LogP) is 3.44. The number of amides is 2. The van der Waals surface area contributed by atoms with Gasteiger partial charge in [-0.05, 0) is 55.8 Å². The van der Waals surface area contributed by atoms with Crippen molar-refractivity contribution in [2.75, 3.05) is 24.5 Å². The highest BCUT2D eigenvalue weighted by atomic mass is 32.2. The number of rotatable bonds is 11. The predicted molar refractivity (Wildman–Crippen MR) is 139 cm³/mol. The van der Waals surface area contributed by atoms with Crippen molar-refractivity contribution in [3.05, 3.63) is 90.5 Å². The van der Waals surface area contributed by atoms with E-state index in [4.69, 9.17) is 4.74 Å². The summed E-state index contributed by atoms with van der Waals surface area (Å²) in [5.74, 6) is -0.305. The molecule has 3 aromatic carbocycles. The van der Waals surface area contributed by atoms with Crippen molar-refractivity contribution in [2.45, 2.75) is 31.3 Å². The Balaban J connectivity index is 1.98. The fourth-order valence-electron chi connectivity index (χ4n) is 3.70. The van der Waals surface area contributed by atoms with E-state index in [-0.39, 0.29) is 17.3 Å². The minimum absolute atomic E-state index is 0.0246. The lowest BCUT2D eigenvalue weighted by Crippen LogP contribution is -2.50. The molecule has 1 atom stereocenters. The molecule has 8 nitrogen and oxygen atoms in total. The third-order valence-electron chi connectivity index (χ3n) is 5.66. The SMILES string of the molecule is CCOc1ccc(S(=O)(=O)N(CC(=O)N(Cc2ccccc2)C(C)C(=O)NC)c2ccccc2)cc1. The molecule has 1 unspecified atom stereocenters. The Morgan fingerprint density at radius 3 is 2.06 bits per heavy atom. The van der Waals surface area contributed by atoms with Gasteiger partial charge in [0.2, 0.25) is 11.8 Å². The number of para-hydroxylation sites is 1. The lowest BCUT2D eigenvalue weighted by molar-refractivity contribution is -0.139. The highest BCUT2D eigenvalue weighted by Crippen LogP contribution is 2.26. The summed E-state index contributed by atoms with van der Waals surface area (Å²) < 4.78 is 33.9. The molecular weight excluding hydrogens is 478 g/mol. The molecule has 1 N–H and O–H groups in total. The molecule has 0 spiro atoms. The van der Waals surface area contributed by atoms with Crippen molar-refractivity contribution in [1.29, 1.82) is 0 Å². The Labute approximate surface area is 212 Å². The van der Waals surface area contributed by atoms with E-state index in [0.717, 1.165) is 9.87 Å². The first-order valence-electron chi connectivity index (χ1n) is 11.6. The van der Waals surface area contributed by atoms with Crippen LogP contribution in [0.3, 0.4) is 0 Å². The topological polar surface area (TPSA) is 96.0 Å². The third-order valence-corrected chi connectivity index (χ3v) is 7.44. The molecule has 0 fully saturated rings. The summed E-state index contributed by atoms with van der Waals surface area (Å²) in [5.41, 5.74) is 1.16. The Hall–Kier alpha value is -3.85. The van der Waals surface area contributed by atoms with Gasteiger partial charge in [0.1, 0.15) is 18.3 Å². The standard InChI is InChI=1S/C27H31N3O5S/c1-4-35-24-15-17-25(18-16-24)36(33,34)30(23-13-9-6-10-14-23)20-26(31)29(21(2)27(32)28-3)19-22-11-7-5-8-12-22/h5-18,21H,4,19-20H2,1-3H3,(H,28,32). The molecule has 0 radical (unpaired) electrons. The number of sulfonamides is 1. The Morgan fingerprint density at radius 1 is 0.917 bits per heavy atom. The number of ether oxygens (including phenoxy) is 1. The fraction of sp³-hybridized carbons (Fsp3) is 0.259. The van der Waals surface area contributed by atoms with Crippen molar-refractivity contribution < 1.29 is 22.7 Å². The second-order valence-corrected chi connectivity index (χ2v) is 9.91. The summed E-state index contributed by atoms with van der Waals surface area (Å²) in [7, 11) is -2.61. The van der Waals surface area contributed by atoms with Gasteiger partial charge >= 0.3 is 0 Å². The quantitative estimate of drug-likeness (QED) is 0.427. The lowest BCUT2D eigenvalue weighted by atomic mass is 10.1. The number of hydrogen-bond acceptors (Lipinski definition) is 5. The normalized spacial score (nSPS) is 11.9. The molecule has 0 aliphatic carbocycles. The van der Waals surface area contributed by atoms with Gasteiger partial charge in [-0.3, -0.25) is 13.9 Å². The second kappa shape index (κ2) is 12.2. The van der Waals surface area contributed by atoms with Crippen LogP contribution < -0.4 is 14.4 Å². The van der Waals surface area contributed by atoms with Crippen LogP contribution >= 0.6 is 0 Å². The van der Waals surface area contributed by atoms with Crippen LogP contribution in [0.5, 0.6) is 5.75 Å². The van der Waals surface area contributed by atoms with Crippen molar-refractivity contribution in [3.63, 3.8) is 0 Å². The highest BCUT2D eigenvalue weighted by Gasteiger charge is 2.32. The van der Waals surface area contributed by atoms with Crippen LogP contribution in [-0.4, -0.2) is 51.4 Å². The van der Waals surface area contributed by atoms with Gasteiger partial charge in [0.25, 0.3) is 10.0 Å². The monoisotopic (exact) mass is 509 g/mol. The molecule has 0 heterocycles. The lowest BCUT2D eigenvalue weighted by Gasteiger charge is -2.31. The van der Waals surface area contributed by atoms with E-state index in [0.29, 0.717) is 18.0 Å². The first-order chi connectivity index (χ1) is 17.3. The number of likely N-dealkylation sites (N-methyl/N-ethyl adjacent to an activating group) is 1. The average molecular weight is 510 g/mol. The molecule has 3 aromatic rings. The number of nitrogens with one attached hydrogen (secondary N) is 1. The molecular formula is C27H31N3O5S. The smallest absolute Gasteiger partial charge is 0.264 e. The molecule has 36 heavy (non-hydrogen) atoms. The van der Waals surface area contributed by atoms with Crippen molar-refractivity contribution in [3.8, 4) is 5.75 Å². The van der Waals surface area contributed by atoms with Gasteiger partial charge in [-0.2, -0.15) is 0 Å². The highest BCUT2D eigenvalue weighted by molar-refractivity contribution is 7.92. The number of nitrogens with zero attached hydrogens (tertiary/aromatic N) is 2. The molecule has 0 aliphatic rings. The van der Waals surface area contributed by atoms with E-state index >= 15 is 0 Å². The number of anilines is 1. The van der Waals surface area contributed by atoms with Gasteiger partial charge < -0.3 is 15.0 Å². The number of carbonyl (C=O) groups excluding carboxylic acids is 2. The zero-order valence-corrected chi connectivity index (χ0v) is 21.4. The van der Waals surface area contributed by atoms with Crippen LogP contribution in [0.1, 0.15) is 19.4 Å². The molecule has 190 valence electrons. The maximum absolute atomic E-state index is 13.7. The van der Waals surface area contributed by atoms with Crippen molar-refractivity contribution >= 4 is 27.5 Å². The summed E-state index contributed by atoms with van der Waals surface area (Å²) in [6.07, 6.45) is 0. The Bertz CT molecular complexity index is 1250. The molecule has 0 aliphatic heterocycles. The van der Waals surface area contributed by atoms with Crippen LogP contribution in [0, 0.1) is 0 Å². The van der Waals surface area contributed by atoms with E-state index < -0.39 is 28.5 Å². The van der Waals surface area contributed by atoms with E-state index in [9.17, 15) is 18.0 Å². The summed E-state index contributed by atoms with van der Waals surface area (Å²) in [6, 6.07) is 22.9. The van der Waals surface area contributed by atoms with Crippen LogP contribution in [0.2, 0.25) is 0 Å². The van der Waals surface area contributed by atoms with Crippen molar-refractivity contribution in [1.82, 2.24) is 10.2 Å². The molecule has 0 bridgehead atoms. The first kappa shape index (κ1) is 26.7. The second-order valence-electron chi connectivity index (χ2n) is 8.05. The van der Waals surface area contributed by atoms with E-state index in [1.165, 1.54) is 24.1 Å². The maximum atomic E-state index is 13.7. The summed E-state index contributed by atoms with van der Waals surface area (Å²) in [5, 5.41) is 2.57. The van der Waals surface area contributed by atoms with Gasteiger partial charge in [-0.15, -0.1) is 0 Å². The van der Waals surface area contributed by atoms with Crippen LogP contribution in [-0.2, 0) is 26.2 Å². The molecule has 0 saturated carbocycles. The molecule has 0 saturated heterocycles. The fourth-order valence-corrected chi connectivity index (χ4v) is 5.11. The Morgan fingerprint density at radius 2 is 1.50 bits per heavy atom. The average Bonchev–Trinajstić information content (AvgIpc) is 2.91. The first-order valence-corrected chi connectivity index (χ1v) is 13.1. The number of hydrogen-bond donors (Lipinski definition) is 1. The number of benzene rings is 3. The van der Waals surface area contributed by atoms with Gasteiger partial charge in [-0.1, -0.05) is 48.5 Å². The summed E-state index contributed by atoms with van der Waals surface area (Å²) >= 11 is 0. The van der Waals surface area contributed by atoms with Gasteiger partial charge in [0, 0.05) is 13.6 Å². The van der Waals surface area contributed by atoms with Crippen molar-refractivity contribution in [2.24, 2.45) is 0 Å². The zero-order chi connectivity index (χ0) is 26.1. The summed E-state index contributed by atoms with van der Waals surface area (Å²) in [6.45, 7) is 3.59. The van der Waals surface area contributed by atoms with E-state index in [1.54, 1.807) is 49.4 Å². The zero-order valence-electron chi connectivity index (χ0n) is 20.6. The molecule has 3 rings (SSSR count). The minimum atomic E-state index is -4.11. The van der Waals surface area contributed by atoms with E-state index in [2.05, 4.69) is 5.32 Å². The van der Waals surface area contributed by atoms with Crippen LogP contribution in [0.25, 0.3) is 0 Å². The third kappa shape index (κ3) is 6.42. The molecule has 0 aromatic heterocycles. The summed E-state index contributed by atoms with van der Waals surface area (Å²) in [4.78, 5) is 27.5. The Kier molecular flexibility index (Phi) is 9.08. The number of carbonyl (C=O) groups is 2. The minimum Gasteiger partial charge on any atom is -0.494 e. The molecule has 2 amide bonds. The maximum Gasteiger partial charge on any atom is 0.264 e. The van der Waals surface area contributed by atoms with Crippen LogP contribution in [0.15, 0.2) is 89.8 Å². The van der Waals surface area contributed by atoms with Crippen LogP contribution in [0.4, 0.5) is 5.69 Å². The largest absolute Gasteiger partial charge is 0.494 e.